The van der Waals surface area contributed by atoms with Crippen molar-refractivity contribution in [3.8, 4) is 5.75 Å². The van der Waals surface area contributed by atoms with Crippen LogP contribution in [0.25, 0.3) is 0 Å². The average Bonchev–Trinajstić information content (AvgIpc) is 2.67. The first-order valence-electron chi connectivity index (χ1n) is 7.37. The summed E-state index contributed by atoms with van der Waals surface area (Å²) < 4.78 is 6.80. The summed E-state index contributed by atoms with van der Waals surface area (Å²) in [7, 11) is 2.07. The van der Waals surface area contributed by atoms with E-state index in [0.29, 0.717) is 24.0 Å². The molecule has 0 radical (unpaired) electrons. The molecule has 0 saturated carbocycles. The fourth-order valence-electron chi connectivity index (χ4n) is 2.60. The molecule has 22 heavy (non-hydrogen) atoms. The Morgan fingerprint density at radius 1 is 1.50 bits per heavy atom. The van der Waals surface area contributed by atoms with Gasteiger partial charge in [-0.2, -0.15) is 5.10 Å². The van der Waals surface area contributed by atoms with E-state index >= 15 is 0 Å². The monoisotopic (exact) mass is 307 g/mol. The lowest BCUT2D eigenvalue weighted by molar-refractivity contribution is 0.210. The summed E-state index contributed by atoms with van der Waals surface area (Å²) in [4.78, 5) is 13.4. The van der Waals surface area contributed by atoms with Gasteiger partial charge < -0.3 is 21.1 Å². The summed E-state index contributed by atoms with van der Waals surface area (Å²) in [6.45, 7) is 8.49. The van der Waals surface area contributed by atoms with Gasteiger partial charge in [-0.3, -0.25) is 0 Å². The maximum atomic E-state index is 11.1. The number of hydrogen-bond acceptors (Lipinski definition) is 5. The lowest BCUT2D eigenvalue weighted by Crippen LogP contribution is -2.31. The third-order valence-electron chi connectivity index (χ3n) is 3.64. The number of carbonyl (C=O) groups is 1. The maximum absolute atomic E-state index is 11.1. The number of amides is 1. The fraction of sp³-hybridized carbons (Fsp3) is 0.600. The Hall–Kier alpha value is -2.02. The molecule has 1 aromatic heterocycles. The molecule has 2 heterocycles. The maximum Gasteiger partial charge on any atom is 0.410 e. The van der Waals surface area contributed by atoms with E-state index in [0.717, 1.165) is 13.1 Å². The number of primary amides is 1. The number of nitrogen functional groups attached to an aromatic ring is 1. The summed E-state index contributed by atoms with van der Waals surface area (Å²) in [5.74, 6) is 0.925. The van der Waals surface area contributed by atoms with Crippen LogP contribution >= 0.6 is 0 Å². The topological polar surface area (TPSA) is 99.4 Å². The Kier molecular flexibility index (Phi) is 4.46. The van der Waals surface area contributed by atoms with Gasteiger partial charge in [0.25, 0.3) is 0 Å². The highest BCUT2D eigenvalue weighted by atomic mass is 16.5. The Morgan fingerprint density at radius 3 is 2.73 bits per heavy atom. The van der Waals surface area contributed by atoms with Gasteiger partial charge in [-0.1, -0.05) is 32.9 Å². The van der Waals surface area contributed by atoms with Crippen LogP contribution in [0, 0.1) is 5.92 Å². The molecule has 1 aliphatic heterocycles. The van der Waals surface area contributed by atoms with Crippen LogP contribution in [0.2, 0.25) is 0 Å². The number of ether oxygens (including phenoxy) is 1. The number of nitrogens with zero attached hydrogens (tertiary/aromatic N) is 3. The van der Waals surface area contributed by atoms with E-state index in [1.807, 2.05) is 20.8 Å². The van der Waals surface area contributed by atoms with Gasteiger partial charge >= 0.3 is 6.09 Å². The van der Waals surface area contributed by atoms with E-state index in [9.17, 15) is 4.79 Å². The molecule has 0 aliphatic carbocycles. The Bertz CT molecular complexity index is 585. The van der Waals surface area contributed by atoms with Gasteiger partial charge in [-0.05, 0) is 7.05 Å². The van der Waals surface area contributed by atoms with Gasteiger partial charge in [0.05, 0.1) is 6.54 Å². The first-order chi connectivity index (χ1) is 10.2. The lowest BCUT2D eigenvalue weighted by atomic mass is 9.92. The van der Waals surface area contributed by atoms with Crippen molar-refractivity contribution in [1.29, 1.82) is 0 Å². The Balaban J connectivity index is 2.32. The number of hydrogen-bond donors (Lipinski definition) is 2. The quantitative estimate of drug-likeness (QED) is 0.821. The molecule has 0 spiro atoms. The van der Waals surface area contributed by atoms with Gasteiger partial charge in [-0.15, -0.1) is 0 Å². The number of aromatic nitrogens is 2. The molecule has 122 valence electrons. The van der Waals surface area contributed by atoms with Crippen LogP contribution in [0.4, 0.5) is 10.6 Å². The standard InChI is InChI=1S/C15H25N5O2/c1-15(2,3)12-11(22-14(17)21)13(16)20(18-12)9-10-6-5-7-19(4)8-10/h5-6,10H,7-9,16H2,1-4H3,(H2,17,21). The molecule has 1 atom stereocenters. The van der Waals surface area contributed by atoms with Crippen molar-refractivity contribution in [2.45, 2.75) is 32.7 Å². The second-order valence-corrected chi connectivity index (χ2v) is 6.83. The van der Waals surface area contributed by atoms with Gasteiger partial charge in [0.2, 0.25) is 0 Å². The molecular weight excluding hydrogens is 282 g/mol. The van der Waals surface area contributed by atoms with Gasteiger partial charge in [0.15, 0.2) is 11.6 Å². The molecule has 0 aromatic carbocycles. The van der Waals surface area contributed by atoms with Gasteiger partial charge in [-0.25, -0.2) is 9.48 Å². The predicted octanol–water partition coefficient (Wildman–Crippen LogP) is 1.34. The van der Waals surface area contributed by atoms with Crippen molar-refractivity contribution in [1.82, 2.24) is 14.7 Å². The Labute approximate surface area is 130 Å². The zero-order chi connectivity index (χ0) is 16.5. The molecule has 1 amide bonds. The van der Waals surface area contributed by atoms with Crippen molar-refractivity contribution in [3.05, 3.63) is 17.8 Å². The minimum atomic E-state index is -0.881. The summed E-state index contributed by atoms with van der Waals surface area (Å²) in [6.07, 6.45) is 3.43. The van der Waals surface area contributed by atoms with Crippen LogP contribution < -0.4 is 16.2 Å². The number of likely N-dealkylation sites (N-methyl/N-ethyl adjacent to an activating group) is 1. The molecule has 2 rings (SSSR count). The van der Waals surface area contributed by atoms with E-state index in [4.69, 9.17) is 16.2 Å². The number of rotatable bonds is 3. The molecule has 0 saturated heterocycles. The zero-order valence-electron chi connectivity index (χ0n) is 13.7. The van der Waals surface area contributed by atoms with E-state index < -0.39 is 6.09 Å². The molecule has 4 N–H and O–H groups in total. The highest BCUT2D eigenvalue weighted by molar-refractivity contribution is 5.71. The number of carbonyl (C=O) groups excluding carboxylic acids is 1. The van der Waals surface area contributed by atoms with E-state index in [2.05, 4.69) is 29.2 Å². The smallest absolute Gasteiger partial charge is 0.404 e. The highest BCUT2D eigenvalue weighted by Gasteiger charge is 2.29. The third kappa shape index (κ3) is 3.59. The third-order valence-corrected chi connectivity index (χ3v) is 3.64. The largest absolute Gasteiger partial charge is 0.410 e. The second-order valence-electron chi connectivity index (χ2n) is 6.83. The SMILES string of the molecule is CN1CC=CC(Cn2nc(C(C)(C)C)c(OC(N)=O)c2N)C1. The van der Waals surface area contributed by atoms with Crippen molar-refractivity contribution in [3.63, 3.8) is 0 Å². The number of anilines is 1. The zero-order valence-corrected chi connectivity index (χ0v) is 13.7. The van der Waals surface area contributed by atoms with Crippen LogP contribution in [0.5, 0.6) is 5.75 Å². The first kappa shape index (κ1) is 16.4. The van der Waals surface area contributed by atoms with Crippen molar-refractivity contribution >= 4 is 11.9 Å². The normalized spacial score (nSPS) is 19.4. The van der Waals surface area contributed by atoms with Crippen LogP contribution in [0.1, 0.15) is 26.5 Å². The summed E-state index contributed by atoms with van der Waals surface area (Å²) in [6, 6.07) is 0. The molecule has 7 nitrogen and oxygen atoms in total. The molecule has 0 bridgehead atoms. The Morgan fingerprint density at radius 2 is 2.18 bits per heavy atom. The molecular formula is C15H25N5O2. The van der Waals surface area contributed by atoms with Crippen molar-refractivity contribution < 1.29 is 9.53 Å². The van der Waals surface area contributed by atoms with E-state index in [1.54, 1.807) is 4.68 Å². The average molecular weight is 307 g/mol. The van der Waals surface area contributed by atoms with Crippen LogP contribution in [-0.2, 0) is 12.0 Å². The molecule has 0 fully saturated rings. The van der Waals surface area contributed by atoms with Crippen LogP contribution in [0.15, 0.2) is 12.2 Å². The molecule has 1 unspecified atom stereocenters. The highest BCUT2D eigenvalue weighted by Crippen LogP contribution is 2.35. The van der Waals surface area contributed by atoms with Crippen LogP contribution in [0.3, 0.4) is 0 Å². The van der Waals surface area contributed by atoms with Crippen molar-refractivity contribution in [2.75, 3.05) is 25.9 Å². The summed E-state index contributed by atoms with van der Waals surface area (Å²) >= 11 is 0. The first-order valence-corrected chi connectivity index (χ1v) is 7.37. The molecule has 7 heteroatoms. The second kappa shape index (κ2) is 6.00. The van der Waals surface area contributed by atoms with Crippen molar-refractivity contribution in [2.24, 2.45) is 11.7 Å². The van der Waals surface area contributed by atoms with E-state index in [1.165, 1.54) is 0 Å². The van der Waals surface area contributed by atoms with Gasteiger partial charge in [0.1, 0.15) is 5.69 Å². The summed E-state index contributed by atoms with van der Waals surface area (Å²) in [5.41, 5.74) is 11.6. The lowest BCUT2D eigenvalue weighted by Gasteiger charge is -2.25. The number of nitrogens with two attached hydrogens (primary N) is 2. The van der Waals surface area contributed by atoms with Gasteiger partial charge in [0, 0.05) is 24.4 Å². The van der Waals surface area contributed by atoms with E-state index in [-0.39, 0.29) is 11.2 Å². The molecule has 1 aromatic rings. The van der Waals surface area contributed by atoms with Crippen LogP contribution in [-0.4, -0.2) is 40.9 Å². The summed E-state index contributed by atoms with van der Waals surface area (Å²) in [5, 5.41) is 4.56. The molecule has 1 aliphatic rings. The minimum absolute atomic E-state index is 0.271. The fourth-order valence-corrected chi connectivity index (χ4v) is 2.60. The predicted molar refractivity (Wildman–Crippen MR) is 85.7 cm³/mol. The minimum Gasteiger partial charge on any atom is -0.404 e.